The third kappa shape index (κ3) is 52.5. The summed E-state index contributed by atoms with van der Waals surface area (Å²) in [6.45, 7) is 6.57. The minimum absolute atomic E-state index is 0.0720. The Bertz CT molecular complexity index is 1090. The molecule has 0 heterocycles. The molecule has 1 unspecified atom stereocenters. The zero-order chi connectivity index (χ0) is 47.2. The quantitative estimate of drug-likeness (QED) is 0.0262. The van der Waals surface area contributed by atoms with Crippen LogP contribution in [0.1, 0.15) is 303 Å². The van der Waals surface area contributed by atoms with E-state index in [0.29, 0.717) is 19.3 Å². The van der Waals surface area contributed by atoms with Gasteiger partial charge >= 0.3 is 17.9 Å². The van der Waals surface area contributed by atoms with Crippen molar-refractivity contribution in [2.24, 2.45) is 0 Å². The monoisotopic (exact) mass is 913 g/mol. The Labute approximate surface area is 404 Å². The lowest BCUT2D eigenvalue weighted by Crippen LogP contribution is -2.30. The third-order valence-electron chi connectivity index (χ3n) is 12.6. The summed E-state index contributed by atoms with van der Waals surface area (Å²) in [6, 6.07) is 0. The van der Waals surface area contributed by atoms with Crippen molar-refractivity contribution >= 4 is 17.9 Å². The minimum Gasteiger partial charge on any atom is -0.462 e. The zero-order valence-corrected chi connectivity index (χ0v) is 43.5. The van der Waals surface area contributed by atoms with Crippen LogP contribution in [-0.2, 0) is 28.6 Å². The minimum atomic E-state index is -0.769. The second-order valence-electron chi connectivity index (χ2n) is 19.2. The molecule has 6 heteroatoms. The number of ether oxygens (including phenoxy) is 3. The van der Waals surface area contributed by atoms with Crippen LogP contribution in [0.2, 0.25) is 0 Å². The lowest BCUT2D eigenvalue weighted by Gasteiger charge is -2.18. The molecule has 6 nitrogen and oxygen atoms in total. The van der Waals surface area contributed by atoms with Crippen LogP contribution in [0.15, 0.2) is 36.5 Å². The molecule has 0 aliphatic rings. The first-order valence-corrected chi connectivity index (χ1v) is 28.5. The fraction of sp³-hybridized carbons (Fsp3) is 0.847. The summed E-state index contributed by atoms with van der Waals surface area (Å²) in [6.07, 6.45) is 64.7. The first kappa shape index (κ1) is 62.6. The van der Waals surface area contributed by atoms with E-state index >= 15 is 0 Å². The molecule has 0 aliphatic carbocycles. The van der Waals surface area contributed by atoms with Crippen LogP contribution >= 0.6 is 0 Å². The van der Waals surface area contributed by atoms with E-state index in [1.54, 1.807) is 0 Å². The normalized spacial score (nSPS) is 12.2. The molecule has 380 valence electrons. The Kier molecular flexibility index (Phi) is 52.3. The average molecular weight is 914 g/mol. The number of carbonyl (C=O) groups is 3. The highest BCUT2D eigenvalue weighted by Crippen LogP contribution is 2.16. The van der Waals surface area contributed by atoms with Gasteiger partial charge in [0.15, 0.2) is 6.10 Å². The van der Waals surface area contributed by atoms with Crippen LogP contribution in [0.3, 0.4) is 0 Å². The molecule has 0 aromatic carbocycles. The Morgan fingerprint density at radius 3 is 0.862 bits per heavy atom. The fourth-order valence-electron chi connectivity index (χ4n) is 8.29. The van der Waals surface area contributed by atoms with Crippen molar-refractivity contribution in [3.05, 3.63) is 36.5 Å². The third-order valence-corrected chi connectivity index (χ3v) is 12.6. The molecule has 0 amide bonds. The van der Waals surface area contributed by atoms with Gasteiger partial charge in [0.25, 0.3) is 0 Å². The maximum atomic E-state index is 12.8. The number of rotatable bonds is 52. The van der Waals surface area contributed by atoms with Crippen molar-refractivity contribution in [1.82, 2.24) is 0 Å². The Morgan fingerprint density at radius 2 is 0.554 bits per heavy atom. The predicted molar refractivity (Wildman–Crippen MR) is 279 cm³/mol. The van der Waals surface area contributed by atoms with Crippen molar-refractivity contribution in [3.63, 3.8) is 0 Å². The standard InChI is InChI=1S/C59H108O6/c1-4-7-10-13-15-17-19-21-23-25-26-27-28-29-30-31-32-34-35-37-39-41-43-46-49-52-58(61)64-55-56(54-63-57(60)51-48-45-12-9-6-3)65-59(62)53-50-47-44-42-40-38-36-33-24-22-20-18-16-14-11-8-5-2/h19,21-22,24-26,56H,4-18,20,23,27-55H2,1-3H3/b21-19-,24-22-,26-25-. The first-order valence-electron chi connectivity index (χ1n) is 28.5. The van der Waals surface area contributed by atoms with E-state index in [1.165, 1.54) is 193 Å². The van der Waals surface area contributed by atoms with Crippen molar-refractivity contribution in [2.75, 3.05) is 13.2 Å². The van der Waals surface area contributed by atoms with Gasteiger partial charge in [0, 0.05) is 19.3 Å². The molecular formula is C59H108O6. The van der Waals surface area contributed by atoms with Gasteiger partial charge in [0.1, 0.15) is 13.2 Å². The summed E-state index contributed by atoms with van der Waals surface area (Å²) in [4.78, 5) is 37.8. The van der Waals surface area contributed by atoms with Gasteiger partial charge in [-0.1, -0.05) is 243 Å². The largest absolute Gasteiger partial charge is 0.462 e. The van der Waals surface area contributed by atoms with Gasteiger partial charge in [0.05, 0.1) is 0 Å². The first-order chi connectivity index (χ1) is 32.0. The highest BCUT2D eigenvalue weighted by Gasteiger charge is 2.19. The number of unbranched alkanes of at least 4 members (excludes halogenated alkanes) is 35. The van der Waals surface area contributed by atoms with Gasteiger partial charge in [0.2, 0.25) is 0 Å². The van der Waals surface area contributed by atoms with E-state index in [4.69, 9.17) is 14.2 Å². The second kappa shape index (κ2) is 54.2. The highest BCUT2D eigenvalue weighted by molar-refractivity contribution is 5.71. The molecule has 1 atom stereocenters. The molecule has 0 bridgehead atoms. The molecule has 0 saturated carbocycles. The van der Waals surface area contributed by atoms with Crippen LogP contribution in [0.5, 0.6) is 0 Å². The summed E-state index contributed by atoms with van der Waals surface area (Å²) in [5.74, 6) is -0.878. The van der Waals surface area contributed by atoms with Gasteiger partial charge in [-0.05, 0) is 77.0 Å². The van der Waals surface area contributed by atoms with Crippen molar-refractivity contribution < 1.29 is 28.6 Å². The summed E-state index contributed by atoms with van der Waals surface area (Å²) in [7, 11) is 0. The number of carbonyl (C=O) groups excluding carboxylic acids is 3. The molecule has 0 aliphatic heterocycles. The van der Waals surface area contributed by atoms with Gasteiger partial charge in [-0.3, -0.25) is 14.4 Å². The maximum Gasteiger partial charge on any atom is 0.306 e. The molecular weight excluding hydrogens is 805 g/mol. The van der Waals surface area contributed by atoms with Crippen molar-refractivity contribution in [2.45, 2.75) is 309 Å². The van der Waals surface area contributed by atoms with Gasteiger partial charge in [-0.25, -0.2) is 0 Å². The number of esters is 3. The molecule has 0 aromatic heterocycles. The fourth-order valence-corrected chi connectivity index (χ4v) is 8.29. The van der Waals surface area contributed by atoms with E-state index in [1.807, 2.05) is 0 Å². The number of hydrogen-bond donors (Lipinski definition) is 0. The van der Waals surface area contributed by atoms with E-state index in [-0.39, 0.29) is 31.1 Å². The molecule has 65 heavy (non-hydrogen) atoms. The van der Waals surface area contributed by atoms with Crippen LogP contribution in [0, 0.1) is 0 Å². The average Bonchev–Trinajstić information content (AvgIpc) is 3.30. The van der Waals surface area contributed by atoms with E-state index in [9.17, 15) is 14.4 Å². The van der Waals surface area contributed by atoms with Crippen LogP contribution in [-0.4, -0.2) is 37.2 Å². The molecule has 0 fully saturated rings. The smallest absolute Gasteiger partial charge is 0.306 e. The highest BCUT2D eigenvalue weighted by atomic mass is 16.6. The summed E-state index contributed by atoms with van der Waals surface area (Å²) in [5.41, 5.74) is 0. The predicted octanol–water partition coefficient (Wildman–Crippen LogP) is 18.9. The number of hydrogen-bond acceptors (Lipinski definition) is 6. The molecule has 0 saturated heterocycles. The lowest BCUT2D eigenvalue weighted by molar-refractivity contribution is -0.167. The van der Waals surface area contributed by atoms with Crippen molar-refractivity contribution in [3.8, 4) is 0 Å². The van der Waals surface area contributed by atoms with Crippen LogP contribution < -0.4 is 0 Å². The maximum absolute atomic E-state index is 12.8. The topological polar surface area (TPSA) is 78.9 Å². The van der Waals surface area contributed by atoms with E-state index in [2.05, 4.69) is 57.2 Å². The van der Waals surface area contributed by atoms with Crippen molar-refractivity contribution in [1.29, 1.82) is 0 Å². The molecule has 0 aromatic rings. The Hall–Kier alpha value is -2.37. The van der Waals surface area contributed by atoms with Gasteiger partial charge in [-0.2, -0.15) is 0 Å². The number of allylic oxidation sites excluding steroid dienone is 6. The Balaban J connectivity index is 4.05. The van der Waals surface area contributed by atoms with Crippen LogP contribution in [0.4, 0.5) is 0 Å². The molecule has 0 radical (unpaired) electrons. The lowest BCUT2D eigenvalue weighted by atomic mass is 10.0. The van der Waals surface area contributed by atoms with Crippen LogP contribution in [0.25, 0.3) is 0 Å². The van der Waals surface area contributed by atoms with Gasteiger partial charge < -0.3 is 14.2 Å². The summed E-state index contributed by atoms with van der Waals surface area (Å²) < 4.78 is 16.7. The van der Waals surface area contributed by atoms with E-state index in [0.717, 1.165) is 70.6 Å². The summed E-state index contributed by atoms with van der Waals surface area (Å²) in [5, 5.41) is 0. The SMILES string of the molecule is CCCCCCC/C=C\C/C=C\CCCCCCCCCCCCCCCC(=O)OCC(COC(=O)CCCCCCC)OC(=O)CCCCCCCCC/C=C\CCCCCCCC. The summed E-state index contributed by atoms with van der Waals surface area (Å²) >= 11 is 0. The molecule has 0 N–H and O–H groups in total. The second-order valence-corrected chi connectivity index (χ2v) is 19.2. The molecule has 0 spiro atoms. The van der Waals surface area contributed by atoms with E-state index < -0.39 is 6.10 Å². The molecule has 0 rings (SSSR count). The van der Waals surface area contributed by atoms with Gasteiger partial charge in [-0.15, -0.1) is 0 Å². The zero-order valence-electron chi connectivity index (χ0n) is 43.5. The Morgan fingerprint density at radius 1 is 0.308 bits per heavy atom.